The van der Waals surface area contributed by atoms with E-state index in [0.29, 0.717) is 0 Å². The van der Waals surface area contributed by atoms with Crippen molar-refractivity contribution >= 4 is 5.91 Å². The highest BCUT2D eigenvalue weighted by Crippen LogP contribution is 2.44. The van der Waals surface area contributed by atoms with Crippen LogP contribution >= 0.6 is 0 Å². The maximum atomic E-state index is 12.3. The third-order valence-corrected chi connectivity index (χ3v) is 4.42. The van der Waals surface area contributed by atoms with Crippen LogP contribution in [0.2, 0.25) is 0 Å². The molecule has 1 fully saturated rings. The molecule has 2 aliphatic heterocycles. The molecule has 0 saturated carbocycles. The molecule has 1 spiro atoms. The molecule has 0 aliphatic carbocycles. The first-order chi connectivity index (χ1) is 9.15. The number of carbonyl (C=O) groups excluding carboxylic acids is 1. The summed E-state index contributed by atoms with van der Waals surface area (Å²) >= 11 is 0. The summed E-state index contributed by atoms with van der Waals surface area (Å²) < 4.78 is 0. The second-order valence-electron chi connectivity index (χ2n) is 5.24. The molecule has 3 rings (SSSR count). The monoisotopic (exact) mass is 258 g/mol. The third-order valence-electron chi connectivity index (χ3n) is 4.42. The molecule has 0 aromatic heterocycles. The summed E-state index contributed by atoms with van der Waals surface area (Å²) in [5, 5.41) is 0. The van der Waals surface area contributed by atoms with Crippen molar-refractivity contribution in [3.05, 3.63) is 48.6 Å². The van der Waals surface area contributed by atoms with E-state index >= 15 is 0 Å². The van der Waals surface area contributed by atoms with Crippen molar-refractivity contribution in [2.45, 2.75) is 18.4 Å². The molecular formula is C16H22N2O. The van der Waals surface area contributed by atoms with Gasteiger partial charge in [-0.1, -0.05) is 18.2 Å². The molecule has 2 heterocycles. The van der Waals surface area contributed by atoms with Gasteiger partial charge in [-0.15, -0.1) is 13.2 Å². The third kappa shape index (κ3) is 1.98. The van der Waals surface area contributed by atoms with Crippen LogP contribution in [0.15, 0.2) is 37.4 Å². The van der Waals surface area contributed by atoms with Crippen LogP contribution in [-0.4, -0.2) is 42.9 Å². The van der Waals surface area contributed by atoms with Crippen LogP contribution in [0.25, 0.3) is 0 Å². The van der Waals surface area contributed by atoms with Gasteiger partial charge in [-0.2, -0.15) is 0 Å². The number of benzene rings is 1. The Morgan fingerprint density at radius 3 is 2.32 bits per heavy atom. The van der Waals surface area contributed by atoms with E-state index < -0.39 is 0 Å². The number of fused-ring (bicyclic) bond motifs is 2. The molecule has 1 aromatic rings. The Labute approximate surface area is 115 Å². The normalized spacial score (nSPS) is 20.9. The lowest BCUT2D eigenvalue weighted by atomic mass is 9.81. The lowest BCUT2D eigenvalue weighted by Gasteiger charge is -2.43. The molecule has 0 N–H and O–H groups in total. The van der Waals surface area contributed by atoms with Crippen molar-refractivity contribution in [3.8, 4) is 0 Å². The number of rotatable bonds is 0. The topological polar surface area (TPSA) is 23.6 Å². The highest BCUT2D eigenvalue weighted by atomic mass is 16.2. The Balaban J connectivity index is 0.000000637. The number of amides is 1. The fourth-order valence-electron chi connectivity index (χ4n) is 3.22. The van der Waals surface area contributed by atoms with Crippen LogP contribution < -0.4 is 0 Å². The van der Waals surface area contributed by atoms with Gasteiger partial charge in [-0.05, 0) is 31.5 Å². The van der Waals surface area contributed by atoms with Gasteiger partial charge in [0.05, 0.1) is 5.54 Å². The van der Waals surface area contributed by atoms with Crippen LogP contribution in [0.3, 0.4) is 0 Å². The zero-order chi connectivity index (χ0) is 14.0. The van der Waals surface area contributed by atoms with Crippen LogP contribution in [-0.2, 0) is 5.54 Å². The van der Waals surface area contributed by atoms with Crippen molar-refractivity contribution in [1.29, 1.82) is 0 Å². The number of hydrogen-bond acceptors (Lipinski definition) is 2. The summed E-state index contributed by atoms with van der Waals surface area (Å²) in [6.07, 6.45) is 2.09. The Morgan fingerprint density at radius 1 is 1.11 bits per heavy atom. The minimum atomic E-state index is -0.0415. The number of likely N-dealkylation sites (tertiary alicyclic amines) is 1. The largest absolute Gasteiger partial charge is 0.332 e. The van der Waals surface area contributed by atoms with Crippen molar-refractivity contribution < 1.29 is 4.79 Å². The minimum Gasteiger partial charge on any atom is -0.332 e. The van der Waals surface area contributed by atoms with E-state index in [9.17, 15) is 4.79 Å². The molecule has 1 saturated heterocycles. The van der Waals surface area contributed by atoms with Crippen LogP contribution in [0.4, 0.5) is 0 Å². The Morgan fingerprint density at radius 2 is 1.68 bits per heavy atom. The van der Waals surface area contributed by atoms with E-state index in [2.05, 4.69) is 31.2 Å². The average molecular weight is 258 g/mol. The summed E-state index contributed by atoms with van der Waals surface area (Å²) in [5.41, 5.74) is 2.10. The standard InChI is InChI=1S/C14H18N2O.C2H4/c1-15-9-7-14(8-10-15)12-6-4-3-5-11(12)13(17)16(14)2;1-2/h3-6H,7-10H2,1-2H3;1-2H2. The predicted octanol–water partition coefficient (Wildman–Crippen LogP) is 2.50. The summed E-state index contributed by atoms with van der Waals surface area (Å²) in [4.78, 5) is 16.6. The molecule has 2 aliphatic rings. The zero-order valence-electron chi connectivity index (χ0n) is 11.9. The summed E-state index contributed by atoms with van der Waals surface area (Å²) in [6, 6.07) is 8.09. The zero-order valence-corrected chi connectivity index (χ0v) is 11.9. The average Bonchev–Trinajstić information content (AvgIpc) is 2.68. The number of hydrogen-bond donors (Lipinski definition) is 0. The molecule has 0 radical (unpaired) electrons. The summed E-state index contributed by atoms with van der Waals surface area (Å²) in [5.74, 6) is 0.185. The number of piperidine rings is 1. The van der Waals surface area contributed by atoms with Gasteiger partial charge in [0.15, 0.2) is 0 Å². The van der Waals surface area contributed by atoms with Gasteiger partial charge in [-0.25, -0.2) is 0 Å². The molecule has 0 unspecified atom stereocenters. The Kier molecular flexibility index (Phi) is 3.76. The van der Waals surface area contributed by atoms with Crippen LogP contribution in [0, 0.1) is 0 Å². The fourth-order valence-corrected chi connectivity index (χ4v) is 3.22. The van der Waals surface area contributed by atoms with Crippen molar-refractivity contribution in [3.63, 3.8) is 0 Å². The van der Waals surface area contributed by atoms with Gasteiger partial charge >= 0.3 is 0 Å². The maximum Gasteiger partial charge on any atom is 0.254 e. The minimum absolute atomic E-state index is 0.0415. The van der Waals surface area contributed by atoms with Crippen molar-refractivity contribution in [1.82, 2.24) is 9.80 Å². The Hall–Kier alpha value is -1.61. The summed E-state index contributed by atoms with van der Waals surface area (Å²) in [7, 11) is 4.10. The smallest absolute Gasteiger partial charge is 0.254 e. The summed E-state index contributed by atoms with van der Waals surface area (Å²) in [6.45, 7) is 8.12. The van der Waals surface area contributed by atoms with E-state index in [1.807, 2.05) is 30.1 Å². The van der Waals surface area contributed by atoms with Gasteiger partial charge in [0.25, 0.3) is 5.91 Å². The molecule has 19 heavy (non-hydrogen) atoms. The van der Waals surface area contributed by atoms with E-state index in [0.717, 1.165) is 31.5 Å². The van der Waals surface area contributed by atoms with Crippen LogP contribution in [0.1, 0.15) is 28.8 Å². The fraction of sp³-hybridized carbons (Fsp3) is 0.438. The number of nitrogens with zero attached hydrogens (tertiary/aromatic N) is 2. The van der Waals surface area contributed by atoms with E-state index in [-0.39, 0.29) is 11.4 Å². The van der Waals surface area contributed by atoms with E-state index in [1.165, 1.54) is 5.56 Å². The molecule has 3 nitrogen and oxygen atoms in total. The molecule has 3 heteroatoms. The van der Waals surface area contributed by atoms with Gasteiger partial charge in [-0.3, -0.25) is 4.79 Å². The number of carbonyl (C=O) groups is 1. The van der Waals surface area contributed by atoms with E-state index in [4.69, 9.17) is 0 Å². The molecule has 102 valence electrons. The first-order valence-corrected chi connectivity index (χ1v) is 6.71. The van der Waals surface area contributed by atoms with Gasteiger partial charge < -0.3 is 9.80 Å². The second kappa shape index (κ2) is 5.17. The molecule has 0 atom stereocenters. The highest BCUT2D eigenvalue weighted by Gasteiger charge is 2.48. The molecule has 0 bridgehead atoms. The maximum absolute atomic E-state index is 12.3. The van der Waals surface area contributed by atoms with Gasteiger partial charge in [0.1, 0.15) is 0 Å². The second-order valence-corrected chi connectivity index (χ2v) is 5.24. The molecule has 1 aromatic carbocycles. The first-order valence-electron chi connectivity index (χ1n) is 6.71. The van der Waals surface area contributed by atoms with E-state index in [1.54, 1.807) is 0 Å². The molecule has 1 amide bonds. The lowest BCUT2D eigenvalue weighted by molar-refractivity contribution is 0.0425. The van der Waals surface area contributed by atoms with Crippen molar-refractivity contribution in [2.24, 2.45) is 0 Å². The Bertz CT molecular complexity index is 475. The quantitative estimate of drug-likeness (QED) is 0.668. The lowest BCUT2D eigenvalue weighted by Crippen LogP contribution is -2.48. The first kappa shape index (κ1) is 13.8. The van der Waals surface area contributed by atoms with Crippen molar-refractivity contribution in [2.75, 3.05) is 27.2 Å². The molecular weight excluding hydrogens is 236 g/mol. The SMILES string of the molecule is C=C.CN1CCC2(CC1)c1ccccc1C(=O)N2C. The predicted molar refractivity (Wildman–Crippen MR) is 78.2 cm³/mol. The van der Waals surface area contributed by atoms with Crippen LogP contribution in [0.5, 0.6) is 0 Å². The van der Waals surface area contributed by atoms with Gasteiger partial charge in [0.2, 0.25) is 0 Å². The highest BCUT2D eigenvalue weighted by molar-refractivity contribution is 5.99. The van der Waals surface area contributed by atoms with Gasteiger partial charge in [0, 0.05) is 25.7 Å².